The number of para-hydroxylation sites is 2. The molecule has 8 rings (SSSR count). The summed E-state index contributed by atoms with van der Waals surface area (Å²) in [6.45, 7) is 7.34. The number of hydrogen-bond acceptors (Lipinski definition) is 14. The molecule has 366 valence electrons. The normalized spacial score (nSPS) is 11.2. The molecule has 4 aromatic heterocycles. The second-order valence-corrected chi connectivity index (χ2v) is 22.3. The number of aromatic nitrogens is 4. The molecule has 0 bridgehead atoms. The molecule has 8 aromatic rings. The fraction of sp³-hybridized carbons (Fsp3) is 0.130. The van der Waals surface area contributed by atoms with Crippen molar-refractivity contribution in [1.82, 2.24) is 19.6 Å². The number of sulfone groups is 2. The van der Waals surface area contributed by atoms with Gasteiger partial charge in [-0.1, -0.05) is 71.7 Å². The zero-order chi connectivity index (χ0) is 51.4. The number of nitrogens with zero attached hydrogens (tertiary/aromatic N) is 5. The Hall–Kier alpha value is -6.07. The molecule has 24 heteroatoms. The Bertz CT molecular complexity index is 3500. The predicted molar refractivity (Wildman–Crippen MR) is 271 cm³/mol. The molecule has 17 nitrogen and oxygen atoms in total. The molecule has 0 atom stereocenters. The summed E-state index contributed by atoms with van der Waals surface area (Å²) < 4.78 is 87.5. The molecule has 0 spiro atoms. The van der Waals surface area contributed by atoms with Crippen LogP contribution < -0.4 is 0 Å². The zero-order valence-electron chi connectivity index (χ0n) is 37.2. The number of carbonyl (C=O) groups excluding carboxylic acids is 1. The second kappa shape index (κ2) is 24.2. The van der Waals surface area contributed by atoms with Gasteiger partial charge in [0.2, 0.25) is 0 Å². The maximum atomic E-state index is 11.9. The van der Waals surface area contributed by atoms with Gasteiger partial charge in [0, 0.05) is 22.3 Å². The Morgan fingerprint density at radius 1 is 0.629 bits per heavy atom. The molecule has 0 saturated carbocycles. The van der Waals surface area contributed by atoms with Crippen molar-refractivity contribution >= 4 is 81.9 Å². The smallest absolute Gasteiger partial charge is 0.394 e. The lowest BCUT2D eigenvalue weighted by atomic mass is 10.2. The van der Waals surface area contributed by atoms with Crippen molar-refractivity contribution in [2.75, 3.05) is 26.7 Å². The van der Waals surface area contributed by atoms with Crippen molar-refractivity contribution in [1.29, 1.82) is 0 Å². The third-order valence-corrected chi connectivity index (χ3v) is 14.5. The molecule has 0 fully saturated rings. The van der Waals surface area contributed by atoms with Gasteiger partial charge in [-0.05, 0) is 96.1 Å². The number of hydrogen-bond donors (Lipinski definition) is 3. The van der Waals surface area contributed by atoms with E-state index in [-0.39, 0.29) is 28.7 Å². The molecule has 0 saturated heterocycles. The van der Waals surface area contributed by atoms with Crippen molar-refractivity contribution in [3.8, 4) is 53.4 Å². The van der Waals surface area contributed by atoms with Crippen molar-refractivity contribution in [3.63, 3.8) is 0 Å². The maximum absolute atomic E-state index is 11.9. The van der Waals surface area contributed by atoms with E-state index in [9.17, 15) is 21.6 Å². The van der Waals surface area contributed by atoms with Crippen LogP contribution in [0.2, 0.25) is 10.0 Å². The number of halogens is 2. The average Bonchev–Trinajstić information content (AvgIpc) is 4.14. The molecule has 4 heterocycles. The minimum absolute atomic E-state index is 0.0373. The predicted octanol–water partition coefficient (Wildman–Crippen LogP) is 10.2. The number of methoxy groups -OCH3 is 1. The van der Waals surface area contributed by atoms with Crippen molar-refractivity contribution in [2.24, 2.45) is 0 Å². The minimum Gasteiger partial charge on any atom is -0.469 e. The van der Waals surface area contributed by atoms with E-state index in [1.165, 1.54) is 49.4 Å². The largest absolute Gasteiger partial charge is 0.469 e. The number of esters is 1. The fourth-order valence-corrected chi connectivity index (χ4v) is 10.1. The maximum Gasteiger partial charge on any atom is 0.394 e. The quantitative estimate of drug-likeness (QED) is 0.0359. The van der Waals surface area contributed by atoms with Crippen LogP contribution in [0.4, 0.5) is 0 Å². The van der Waals surface area contributed by atoms with Crippen LogP contribution >= 0.6 is 45.9 Å². The molecule has 3 N–H and O–H groups in total. The molecule has 0 aliphatic rings. The summed E-state index contributed by atoms with van der Waals surface area (Å²) in [7, 11) is -8.73. The van der Waals surface area contributed by atoms with E-state index in [1.807, 2.05) is 84.9 Å². The van der Waals surface area contributed by atoms with Gasteiger partial charge < -0.3 is 9.58 Å². The summed E-state index contributed by atoms with van der Waals surface area (Å²) in [5.41, 5.74) is 5.88. The first-order chi connectivity index (χ1) is 33.0. The van der Waals surface area contributed by atoms with Gasteiger partial charge in [-0.25, -0.2) is 37.7 Å². The molecular weight excluding hydrogens is 1050 g/mol. The lowest BCUT2D eigenvalue weighted by molar-refractivity contribution is -0.214. The van der Waals surface area contributed by atoms with E-state index in [0.29, 0.717) is 27.1 Å². The minimum atomic E-state index is -4.67. The molecule has 4 aromatic carbocycles. The Kier molecular flexibility index (Phi) is 18.9. The molecule has 0 radical (unpaired) electrons. The van der Waals surface area contributed by atoms with Gasteiger partial charge in [0.1, 0.15) is 5.69 Å². The third kappa shape index (κ3) is 15.2. The molecule has 0 aliphatic heterocycles. The van der Waals surface area contributed by atoms with E-state index in [0.717, 1.165) is 47.7 Å². The Balaban J connectivity index is 0.000000227. The first-order valence-electron chi connectivity index (χ1n) is 19.8. The highest BCUT2D eigenvalue weighted by Crippen LogP contribution is 2.39. The van der Waals surface area contributed by atoms with Gasteiger partial charge in [0.15, 0.2) is 19.7 Å². The van der Waals surface area contributed by atoms with Crippen LogP contribution in [0, 0.1) is 6.57 Å². The van der Waals surface area contributed by atoms with E-state index in [4.69, 9.17) is 57.3 Å². The van der Waals surface area contributed by atoms with Gasteiger partial charge in [0.25, 0.3) is 6.54 Å². The molecule has 0 unspecified atom stereocenters. The van der Waals surface area contributed by atoms with Crippen LogP contribution in [-0.2, 0) is 57.5 Å². The van der Waals surface area contributed by atoms with Gasteiger partial charge in [-0.15, -0.1) is 22.7 Å². The van der Waals surface area contributed by atoms with Crippen molar-refractivity contribution < 1.29 is 54.0 Å². The number of carbonyl (C=O) groups is 1. The van der Waals surface area contributed by atoms with E-state index in [1.54, 1.807) is 57.9 Å². The third-order valence-electron chi connectivity index (χ3n) is 9.29. The summed E-state index contributed by atoms with van der Waals surface area (Å²) in [5.74, 6) is -0.384. The number of ether oxygens (including phenoxy) is 1. The highest BCUT2D eigenvalue weighted by Gasteiger charge is 2.20. The van der Waals surface area contributed by atoms with Crippen molar-refractivity contribution in [3.05, 3.63) is 166 Å². The number of benzene rings is 4. The Labute approximate surface area is 421 Å². The van der Waals surface area contributed by atoms with Crippen molar-refractivity contribution in [2.45, 2.75) is 22.8 Å². The van der Waals surface area contributed by atoms with Crippen LogP contribution in [0.3, 0.4) is 0 Å². The van der Waals surface area contributed by atoms with Crippen LogP contribution in [0.5, 0.6) is 0 Å². The molecule has 0 aliphatic carbocycles. The first kappa shape index (κ1) is 54.9. The van der Waals surface area contributed by atoms with Gasteiger partial charge in [-0.3, -0.25) is 19.2 Å². The highest BCUT2D eigenvalue weighted by atomic mass is 35.5. The van der Waals surface area contributed by atoms with E-state index >= 15 is 0 Å². The summed E-state index contributed by atoms with van der Waals surface area (Å²) >= 11 is 15.8. The summed E-state index contributed by atoms with van der Waals surface area (Å²) in [6.07, 6.45) is 2.43. The lowest BCUT2D eigenvalue weighted by Gasteiger charge is -2.08. The molecule has 0 amide bonds. The monoisotopic (exact) mass is 1090 g/mol. The zero-order valence-corrected chi connectivity index (χ0v) is 42.8. The summed E-state index contributed by atoms with van der Waals surface area (Å²) in [4.78, 5) is 22.7. The number of rotatable bonds is 11. The SMILES string of the molecule is COC(=O)Cc1cc(-c2ccc(-c3cccc(S(C)(=O)=O)c3)s2)n(-c2ccccc2Cl)n1.COO.O=S(=O)(O)O.[C-]#[N+]Cc1cc(-c2ccc(-c3cccc(S(C)(=O)=O)c3)s2)n(-c2ccccc2Cl)n1. The lowest BCUT2D eigenvalue weighted by Crippen LogP contribution is -2.06. The van der Waals surface area contributed by atoms with Crippen LogP contribution in [-0.4, -0.2) is 91.9 Å². The second-order valence-electron chi connectivity index (χ2n) is 14.4. The summed E-state index contributed by atoms with van der Waals surface area (Å²) in [5, 5.41) is 17.3. The van der Waals surface area contributed by atoms with Crippen LogP contribution in [0.25, 0.3) is 58.2 Å². The van der Waals surface area contributed by atoms with Gasteiger partial charge in [0.05, 0.1) is 78.7 Å². The van der Waals surface area contributed by atoms with Crippen LogP contribution in [0.15, 0.2) is 143 Å². The Morgan fingerprint density at radius 2 is 1.01 bits per heavy atom. The average molecular weight is 1090 g/mol. The van der Waals surface area contributed by atoms with Crippen LogP contribution in [0.1, 0.15) is 11.4 Å². The first-order valence-corrected chi connectivity index (χ1v) is 27.4. The topological polar surface area (TPSA) is 239 Å². The molecular formula is C46H41Cl2N5O12S5. The Morgan fingerprint density at radius 3 is 1.40 bits per heavy atom. The van der Waals surface area contributed by atoms with Gasteiger partial charge in [-0.2, -0.15) is 18.6 Å². The fourth-order valence-electron chi connectivity index (χ4n) is 6.31. The summed E-state index contributed by atoms with van der Waals surface area (Å²) in [6, 6.07) is 40.0. The van der Waals surface area contributed by atoms with Gasteiger partial charge >= 0.3 is 16.4 Å². The highest BCUT2D eigenvalue weighted by molar-refractivity contribution is 7.91. The number of thiophene rings is 2. The van der Waals surface area contributed by atoms with E-state index < -0.39 is 30.1 Å². The van der Waals surface area contributed by atoms with E-state index in [2.05, 4.69) is 19.9 Å². The standard InChI is InChI=1S/C23H19ClN2O4S2.C22H16ClN3O2S2.CH4O2.H2O4S/c1-30-23(27)14-16-13-20(26(25-16)19-9-4-3-8-18(19)24)22-11-10-21(31-22)15-6-5-7-17(12-15)32(2,28)29;1-24-14-16-13-20(26(25-16)19-9-4-3-8-18(19)23)22-11-10-21(29-22)15-6-5-7-17(12-15)30(2,27)28;1-3-2;1-5(2,3)4/h3-13H,14H2,1-2H3;3-13H,14H2,2H3;2H,1H3;(H2,1,2,3,4). The molecule has 70 heavy (non-hydrogen) atoms.